The first-order valence-electron chi connectivity index (χ1n) is 9.59. The molecule has 3 aromatic rings. The Kier molecular flexibility index (Phi) is 6.78. The Labute approximate surface area is 177 Å². The van der Waals surface area contributed by atoms with Gasteiger partial charge in [0.1, 0.15) is 0 Å². The number of carbonyl (C=O) groups is 1. The number of hydrogen-bond acceptors (Lipinski definition) is 1. The van der Waals surface area contributed by atoms with Gasteiger partial charge in [-0.05, 0) is 54.8 Å². The van der Waals surface area contributed by atoms with Crippen LogP contribution in [0, 0.1) is 13.8 Å². The minimum Gasteiger partial charge on any atom is -0.345 e. The molecule has 0 radical (unpaired) electrons. The fraction of sp³-hybridized carbons (Fsp3) is 0.208. The summed E-state index contributed by atoms with van der Waals surface area (Å²) in [6, 6.07) is 17.7. The predicted molar refractivity (Wildman–Crippen MR) is 121 cm³/mol. The number of aryl methyl sites for hydroxylation is 2. The van der Waals surface area contributed by atoms with E-state index in [9.17, 15) is 4.79 Å². The number of amides is 2. The molecule has 4 nitrogen and oxygen atoms in total. The van der Waals surface area contributed by atoms with Gasteiger partial charge in [0.2, 0.25) is 0 Å². The van der Waals surface area contributed by atoms with Crippen molar-refractivity contribution in [1.29, 1.82) is 0 Å². The van der Waals surface area contributed by atoms with Crippen LogP contribution < -0.4 is 5.32 Å². The van der Waals surface area contributed by atoms with Crippen LogP contribution in [0.5, 0.6) is 0 Å². The topological polar surface area (TPSA) is 37.3 Å². The number of hydrogen-bond donors (Lipinski definition) is 1. The molecule has 150 valence electrons. The van der Waals surface area contributed by atoms with Crippen LogP contribution in [-0.4, -0.2) is 22.0 Å². The standard InChI is InChI=1S/C24H26ClN3O/c1-4-13-28(24(29)26-21-12-11-19(3)23(25)15-21)17-22-10-7-14-27(22)16-20-9-6-5-8-18(20)2/h4-12,14-15H,1,13,16-17H2,2-3H3,(H,26,29). The first-order valence-corrected chi connectivity index (χ1v) is 9.97. The lowest BCUT2D eigenvalue weighted by atomic mass is 10.1. The number of aromatic nitrogens is 1. The molecule has 0 aliphatic carbocycles. The Morgan fingerprint density at radius 1 is 1.14 bits per heavy atom. The highest BCUT2D eigenvalue weighted by atomic mass is 35.5. The van der Waals surface area contributed by atoms with Gasteiger partial charge in [-0.1, -0.05) is 48.0 Å². The average Bonchev–Trinajstić information content (AvgIpc) is 3.13. The van der Waals surface area contributed by atoms with E-state index in [4.69, 9.17) is 11.6 Å². The summed E-state index contributed by atoms with van der Waals surface area (Å²) < 4.78 is 2.18. The van der Waals surface area contributed by atoms with Crippen molar-refractivity contribution in [2.45, 2.75) is 26.9 Å². The van der Waals surface area contributed by atoms with Gasteiger partial charge in [-0.25, -0.2) is 4.79 Å². The summed E-state index contributed by atoms with van der Waals surface area (Å²) in [7, 11) is 0. The average molecular weight is 408 g/mol. The monoisotopic (exact) mass is 407 g/mol. The largest absolute Gasteiger partial charge is 0.345 e. The van der Waals surface area contributed by atoms with Crippen LogP contribution in [0.15, 0.2) is 73.4 Å². The third kappa shape index (κ3) is 5.30. The molecule has 1 heterocycles. The van der Waals surface area contributed by atoms with Crippen molar-refractivity contribution in [1.82, 2.24) is 9.47 Å². The first-order chi connectivity index (χ1) is 14.0. The molecular weight excluding hydrogens is 382 g/mol. The van der Waals surface area contributed by atoms with E-state index in [0.717, 1.165) is 17.8 Å². The van der Waals surface area contributed by atoms with Gasteiger partial charge >= 0.3 is 6.03 Å². The maximum atomic E-state index is 12.9. The van der Waals surface area contributed by atoms with E-state index in [1.165, 1.54) is 11.1 Å². The maximum Gasteiger partial charge on any atom is 0.322 e. The number of rotatable bonds is 7. The van der Waals surface area contributed by atoms with Gasteiger partial charge in [0.15, 0.2) is 0 Å². The normalized spacial score (nSPS) is 10.6. The highest BCUT2D eigenvalue weighted by Crippen LogP contribution is 2.21. The van der Waals surface area contributed by atoms with E-state index in [0.29, 0.717) is 23.8 Å². The Bertz CT molecular complexity index is 1010. The van der Waals surface area contributed by atoms with Crippen LogP contribution in [0.1, 0.15) is 22.4 Å². The highest BCUT2D eigenvalue weighted by Gasteiger charge is 2.15. The molecule has 0 fully saturated rings. The molecule has 1 N–H and O–H groups in total. The SMILES string of the molecule is C=CCN(Cc1cccn1Cc1ccccc1C)C(=O)Nc1ccc(C)c(Cl)c1. The fourth-order valence-corrected chi connectivity index (χ4v) is 3.34. The summed E-state index contributed by atoms with van der Waals surface area (Å²) in [5.41, 5.74) is 5.23. The van der Waals surface area contributed by atoms with E-state index in [-0.39, 0.29) is 6.03 Å². The quantitative estimate of drug-likeness (QED) is 0.477. The molecule has 2 amide bonds. The number of nitrogens with one attached hydrogen (secondary N) is 1. The zero-order chi connectivity index (χ0) is 20.8. The van der Waals surface area contributed by atoms with E-state index < -0.39 is 0 Å². The first kappa shape index (κ1) is 20.7. The second kappa shape index (κ2) is 9.48. The third-order valence-electron chi connectivity index (χ3n) is 4.94. The second-order valence-corrected chi connectivity index (χ2v) is 7.52. The Morgan fingerprint density at radius 2 is 1.93 bits per heavy atom. The van der Waals surface area contributed by atoms with Crippen LogP contribution in [0.25, 0.3) is 0 Å². The molecule has 0 saturated carbocycles. The van der Waals surface area contributed by atoms with Crippen molar-refractivity contribution < 1.29 is 4.79 Å². The molecule has 5 heteroatoms. The summed E-state index contributed by atoms with van der Waals surface area (Å²) >= 11 is 6.18. The van der Waals surface area contributed by atoms with Crippen molar-refractivity contribution in [3.05, 3.63) is 101 Å². The lowest BCUT2D eigenvalue weighted by molar-refractivity contribution is 0.214. The number of urea groups is 1. The van der Waals surface area contributed by atoms with Crippen LogP contribution in [0.3, 0.4) is 0 Å². The van der Waals surface area contributed by atoms with Crippen molar-refractivity contribution >= 4 is 23.3 Å². The van der Waals surface area contributed by atoms with Crippen molar-refractivity contribution in [2.24, 2.45) is 0 Å². The van der Waals surface area contributed by atoms with Gasteiger partial charge < -0.3 is 14.8 Å². The van der Waals surface area contributed by atoms with Gasteiger partial charge in [-0.15, -0.1) is 6.58 Å². The lowest BCUT2D eigenvalue weighted by Gasteiger charge is -2.23. The number of carbonyl (C=O) groups excluding carboxylic acids is 1. The Hall–Kier alpha value is -2.98. The molecule has 0 aliphatic rings. The van der Waals surface area contributed by atoms with Crippen LogP contribution in [0.4, 0.5) is 10.5 Å². The molecule has 0 atom stereocenters. The van der Waals surface area contributed by atoms with Crippen LogP contribution in [0.2, 0.25) is 5.02 Å². The van der Waals surface area contributed by atoms with Crippen LogP contribution >= 0.6 is 11.6 Å². The van der Waals surface area contributed by atoms with Gasteiger partial charge in [0.05, 0.1) is 6.54 Å². The predicted octanol–water partition coefficient (Wildman–Crippen LogP) is 6.03. The number of nitrogens with zero attached hydrogens (tertiary/aromatic N) is 2. The van der Waals surface area contributed by atoms with E-state index in [1.54, 1.807) is 17.0 Å². The molecule has 1 aromatic heterocycles. The summed E-state index contributed by atoms with van der Waals surface area (Å²) in [5, 5.41) is 3.56. The van der Waals surface area contributed by atoms with Gasteiger partial charge in [0, 0.05) is 35.7 Å². The lowest BCUT2D eigenvalue weighted by Crippen LogP contribution is -2.35. The molecular formula is C24H26ClN3O. The Morgan fingerprint density at radius 3 is 2.66 bits per heavy atom. The van der Waals surface area contributed by atoms with Crippen molar-refractivity contribution in [2.75, 3.05) is 11.9 Å². The van der Waals surface area contributed by atoms with Gasteiger partial charge in [-0.2, -0.15) is 0 Å². The van der Waals surface area contributed by atoms with Crippen molar-refractivity contribution in [3.8, 4) is 0 Å². The second-order valence-electron chi connectivity index (χ2n) is 7.12. The number of anilines is 1. The molecule has 2 aromatic carbocycles. The molecule has 0 saturated heterocycles. The van der Waals surface area contributed by atoms with E-state index in [2.05, 4.69) is 41.6 Å². The molecule has 29 heavy (non-hydrogen) atoms. The van der Waals surface area contributed by atoms with Gasteiger partial charge in [0.25, 0.3) is 0 Å². The fourth-order valence-electron chi connectivity index (χ4n) is 3.16. The minimum atomic E-state index is -0.187. The molecule has 0 aliphatic heterocycles. The van der Waals surface area contributed by atoms with Crippen molar-refractivity contribution in [3.63, 3.8) is 0 Å². The number of benzene rings is 2. The minimum absolute atomic E-state index is 0.187. The number of halogens is 1. The van der Waals surface area contributed by atoms with Crippen LogP contribution in [-0.2, 0) is 13.1 Å². The summed E-state index contributed by atoms with van der Waals surface area (Å²) in [5.74, 6) is 0. The molecule has 3 rings (SSSR count). The van der Waals surface area contributed by atoms with Gasteiger partial charge in [-0.3, -0.25) is 0 Å². The highest BCUT2D eigenvalue weighted by molar-refractivity contribution is 6.31. The zero-order valence-electron chi connectivity index (χ0n) is 16.9. The third-order valence-corrected chi connectivity index (χ3v) is 5.35. The molecule has 0 bridgehead atoms. The van der Waals surface area contributed by atoms with E-state index in [1.807, 2.05) is 43.5 Å². The van der Waals surface area contributed by atoms with E-state index >= 15 is 0 Å². The smallest absolute Gasteiger partial charge is 0.322 e. The molecule has 0 unspecified atom stereocenters. The molecule has 0 spiro atoms. The summed E-state index contributed by atoms with van der Waals surface area (Å²) in [4.78, 5) is 14.6. The zero-order valence-corrected chi connectivity index (χ0v) is 17.6. The summed E-state index contributed by atoms with van der Waals surface area (Å²) in [6.45, 7) is 9.54. The summed E-state index contributed by atoms with van der Waals surface area (Å²) in [6.07, 6.45) is 3.78. The maximum absolute atomic E-state index is 12.9. The Balaban J connectivity index is 1.74.